The Hall–Kier alpha value is -2.06. The molecule has 6 nitrogen and oxygen atoms in total. The van der Waals surface area contributed by atoms with Gasteiger partial charge in [0.05, 0.1) is 21.9 Å². The van der Waals surface area contributed by atoms with Gasteiger partial charge in [0.1, 0.15) is 6.61 Å². The summed E-state index contributed by atoms with van der Waals surface area (Å²) in [5, 5.41) is 23.3. The summed E-state index contributed by atoms with van der Waals surface area (Å²) in [6, 6.07) is 13.9. The summed E-state index contributed by atoms with van der Waals surface area (Å²) in [6.45, 7) is 6.69. The molecule has 0 radical (unpaired) electrons. The number of rotatable bonds is 7. The molecular weight excluding hydrogens is 380 g/mol. The van der Waals surface area contributed by atoms with E-state index in [1.807, 2.05) is 30.3 Å². The number of ether oxygens (including phenoxy) is 1. The number of carbonyl (C=O) groups excluding carboxylic acids is 1. The largest absolute Gasteiger partial charge is 0.491 e. The maximum Gasteiger partial charge on any atom is 0.491 e. The van der Waals surface area contributed by atoms with E-state index in [1.54, 1.807) is 39.8 Å². The van der Waals surface area contributed by atoms with Gasteiger partial charge in [-0.3, -0.25) is 5.32 Å². The molecule has 0 saturated carbocycles. The Labute approximate surface area is 170 Å². The Morgan fingerprint density at radius 1 is 1.14 bits per heavy atom. The van der Waals surface area contributed by atoms with Gasteiger partial charge in [0, 0.05) is 0 Å². The van der Waals surface area contributed by atoms with E-state index in [0.29, 0.717) is 11.2 Å². The molecule has 0 heterocycles. The zero-order chi connectivity index (χ0) is 20.9. The SMILES string of the molecule is CC(C)(O)C(C)(C)OB(O)c1ccc(NC(=O)OCc2ccccc2)c(Cl)c1. The zero-order valence-corrected chi connectivity index (χ0v) is 17.2. The second kappa shape index (κ2) is 8.96. The minimum atomic E-state index is -1.29. The molecule has 8 heteroatoms. The van der Waals surface area contributed by atoms with E-state index in [1.165, 1.54) is 6.07 Å². The molecule has 150 valence electrons. The number of benzene rings is 2. The van der Waals surface area contributed by atoms with Gasteiger partial charge >= 0.3 is 13.2 Å². The molecule has 0 bridgehead atoms. The molecule has 0 atom stereocenters. The molecular formula is C20H25BClNO5. The number of carbonyl (C=O) groups is 1. The van der Waals surface area contributed by atoms with Gasteiger partial charge in [-0.15, -0.1) is 0 Å². The van der Waals surface area contributed by atoms with Crippen LogP contribution in [0.2, 0.25) is 5.02 Å². The molecule has 1 amide bonds. The number of nitrogens with one attached hydrogen (secondary N) is 1. The van der Waals surface area contributed by atoms with Gasteiger partial charge in [-0.25, -0.2) is 4.79 Å². The number of anilines is 1. The summed E-state index contributed by atoms with van der Waals surface area (Å²) in [6.07, 6.45) is -0.640. The van der Waals surface area contributed by atoms with Crippen molar-refractivity contribution in [1.82, 2.24) is 0 Å². The maximum atomic E-state index is 12.0. The lowest BCUT2D eigenvalue weighted by Gasteiger charge is -2.38. The molecule has 0 fully saturated rings. The van der Waals surface area contributed by atoms with Crippen molar-refractivity contribution in [1.29, 1.82) is 0 Å². The highest BCUT2D eigenvalue weighted by Gasteiger charge is 2.39. The van der Waals surface area contributed by atoms with Crippen molar-refractivity contribution in [3.05, 3.63) is 59.1 Å². The topological polar surface area (TPSA) is 88.0 Å². The highest BCUT2D eigenvalue weighted by atomic mass is 35.5. The van der Waals surface area contributed by atoms with Crippen LogP contribution < -0.4 is 10.8 Å². The molecule has 0 aliphatic rings. The Balaban J connectivity index is 1.98. The van der Waals surface area contributed by atoms with Gasteiger partial charge in [-0.05, 0) is 50.9 Å². The molecule has 0 aliphatic carbocycles. The van der Waals surface area contributed by atoms with Crippen molar-refractivity contribution in [2.75, 3.05) is 5.32 Å². The van der Waals surface area contributed by atoms with E-state index in [4.69, 9.17) is 21.0 Å². The van der Waals surface area contributed by atoms with Gasteiger partial charge in [0.2, 0.25) is 0 Å². The summed E-state index contributed by atoms with van der Waals surface area (Å²) in [5.74, 6) is 0. The van der Waals surface area contributed by atoms with E-state index in [9.17, 15) is 14.9 Å². The first kappa shape index (κ1) is 22.2. The van der Waals surface area contributed by atoms with Crippen molar-refractivity contribution in [2.24, 2.45) is 0 Å². The van der Waals surface area contributed by atoms with Crippen LogP contribution in [0.15, 0.2) is 48.5 Å². The first-order chi connectivity index (χ1) is 13.0. The fraction of sp³-hybridized carbons (Fsp3) is 0.350. The highest BCUT2D eigenvalue weighted by Crippen LogP contribution is 2.26. The standard InChI is InChI=1S/C20H25BClNO5/c1-19(2,25)20(3,4)28-21(26)15-10-11-17(16(22)12-15)23-18(24)27-13-14-8-6-5-7-9-14/h5-12,25-26H,13H2,1-4H3,(H,23,24). The number of aliphatic hydroxyl groups is 1. The number of hydrogen-bond donors (Lipinski definition) is 3. The molecule has 0 spiro atoms. The molecule has 2 rings (SSSR count). The van der Waals surface area contributed by atoms with Crippen LogP contribution in [0.5, 0.6) is 0 Å². The summed E-state index contributed by atoms with van der Waals surface area (Å²) in [4.78, 5) is 12.0. The third-order valence-corrected chi connectivity index (χ3v) is 4.92. The number of amides is 1. The lowest BCUT2D eigenvalue weighted by molar-refractivity contribution is -0.0982. The van der Waals surface area contributed by atoms with Crippen LogP contribution in [0.3, 0.4) is 0 Å². The third kappa shape index (κ3) is 5.97. The lowest BCUT2D eigenvalue weighted by atomic mass is 9.76. The molecule has 3 N–H and O–H groups in total. The van der Waals surface area contributed by atoms with Crippen molar-refractivity contribution in [3.8, 4) is 0 Å². The third-order valence-electron chi connectivity index (χ3n) is 4.61. The fourth-order valence-electron chi connectivity index (χ4n) is 2.15. The van der Waals surface area contributed by atoms with Gasteiger partial charge in [0.25, 0.3) is 0 Å². The van der Waals surface area contributed by atoms with Crippen LogP contribution in [0, 0.1) is 0 Å². The first-order valence-electron chi connectivity index (χ1n) is 8.85. The van der Waals surface area contributed by atoms with E-state index < -0.39 is 24.4 Å². The quantitative estimate of drug-likeness (QED) is 0.615. The van der Waals surface area contributed by atoms with Crippen molar-refractivity contribution in [3.63, 3.8) is 0 Å². The summed E-state index contributed by atoms with van der Waals surface area (Å²) >= 11 is 6.21. The normalized spacial score (nSPS) is 11.8. The average molecular weight is 406 g/mol. The fourth-order valence-corrected chi connectivity index (χ4v) is 2.38. The predicted octanol–water partition coefficient (Wildman–Crippen LogP) is 3.34. The van der Waals surface area contributed by atoms with Crippen LogP contribution in [0.1, 0.15) is 33.3 Å². The minimum Gasteiger partial charge on any atom is -0.444 e. The molecule has 0 aliphatic heterocycles. The molecule has 0 aromatic heterocycles. The van der Waals surface area contributed by atoms with Crippen LogP contribution in [-0.4, -0.2) is 34.5 Å². The van der Waals surface area contributed by atoms with E-state index in [2.05, 4.69) is 5.32 Å². The Kier molecular flexibility index (Phi) is 7.12. The maximum absolute atomic E-state index is 12.0. The highest BCUT2D eigenvalue weighted by molar-refractivity contribution is 6.60. The summed E-state index contributed by atoms with van der Waals surface area (Å²) in [5.41, 5.74) is -0.560. The molecule has 28 heavy (non-hydrogen) atoms. The number of halogens is 1. The van der Waals surface area contributed by atoms with Crippen LogP contribution in [0.4, 0.5) is 10.5 Å². The lowest BCUT2D eigenvalue weighted by Crippen LogP contribution is -2.53. The van der Waals surface area contributed by atoms with Gasteiger partial charge in [0.15, 0.2) is 0 Å². The summed E-state index contributed by atoms with van der Waals surface area (Å²) in [7, 11) is -1.29. The van der Waals surface area contributed by atoms with Crippen LogP contribution in [0.25, 0.3) is 0 Å². The van der Waals surface area contributed by atoms with Gasteiger partial charge < -0.3 is 19.5 Å². The average Bonchev–Trinajstić information content (AvgIpc) is 2.61. The van der Waals surface area contributed by atoms with E-state index in [0.717, 1.165) is 5.56 Å². The van der Waals surface area contributed by atoms with E-state index in [-0.39, 0.29) is 11.6 Å². The first-order valence-corrected chi connectivity index (χ1v) is 9.23. The molecule has 2 aromatic rings. The van der Waals surface area contributed by atoms with Crippen LogP contribution in [-0.2, 0) is 16.0 Å². The summed E-state index contributed by atoms with van der Waals surface area (Å²) < 4.78 is 10.7. The zero-order valence-electron chi connectivity index (χ0n) is 16.4. The van der Waals surface area contributed by atoms with Gasteiger partial charge in [-0.2, -0.15) is 0 Å². The number of hydrogen-bond acceptors (Lipinski definition) is 5. The Morgan fingerprint density at radius 3 is 2.36 bits per heavy atom. The van der Waals surface area contributed by atoms with Crippen LogP contribution >= 0.6 is 11.6 Å². The van der Waals surface area contributed by atoms with Gasteiger partial charge in [-0.1, -0.05) is 48.0 Å². The smallest absolute Gasteiger partial charge is 0.444 e. The molecule has 0 saturated heterocycles. The van der Waals surface area contributed by atoms with Crippen molar-refractivity contribution < 1.29 is 24.3 Å². The van der Waals surface area contributed by atoms with Crippen molar-refractivity contribution >= 4 is 36.0 Å². The second-order valence-corrected chi connectivity index (χ2v) is 7.87. The second-order valence-electron chi connectivity index (χ2n) is 7.47. The van der Waals surface area contributed by atoms with E-state index >= 15 is 0 Å². The Morgan fingerprint density at radius 2 is 1.79 bits per heavy atom. The Bertz CT molecular complexity index is 808. The predicted molar refractivity (Wildman–Crippen MR) is 111 cm³/mol. The monoisotopic (exact) mass is 405 g/mol. The minimum absolute atomic E-state index is 0.140. The van der Waals surface area contributed by atoms with Crippen molar-refractivity contribution in [2.45, 2.75) is 45.5 Å². The molecule has 0 unspecified atom stereocenters. The molecule has 2 aromatic carbocycles.